The van der Waals surface area contributed by atoms with Crippen LogP contribution in [-0.4, -0.2) is 0 Å². The Bertz CT molecular complexity index is 592. The van der Waals surface area contributed by atoms with E-state index in [-0.39, 0.29) is 17.8 Å². The van der Waals surface area contributed by atoms with E-state index in [1.54, 1.807) is 0 Å². The van der Waals surface area contributed by atoms with E-state index in [1.807, 2.05) is 0 Å². The molecular formula is C13H8F5N. The lowest BCUT2D eigenvalue weighted by Crippen LogP contribution is -2.04. The van der Waals surface area contributed by atoms with Crippen LogP contribution in [0.2, 0.25) is 0 Å². The second kappa shape index (κ2) is 5.26. The van der Waals surface area contributed by atoms with Gasteiger partial charge in [-0.1, -0.05) is 0 Å². The van der Waals surface area contributed by atoms with Gasteiger partial charge in [-0.25, -0.2) is 22.0 Å². The molecule has 0 aromatic heterocycles. The Kier molecular flexibility index (Phi) is 3.69. The van der Waals surface area contributed by atoms with Crippen molar-refractivity contribution in [3.8, 4) is 0 Å². The zero-order valence-corrected chi connectivity index (χ0v) is 9.48. The highest BCUT2D eigenvalue weighted by molar-refractivity contribution is 5.44. The minimum absolute atomic E-state index is 0.0710. The highest BCUT2D eigenvalue weighted by atomic mass is 19.2. The summed E-state index contributed by atoms with van der Waals surface area (Å²) in [4.78, 5) is 0. The van der Waals surface area contributed by atoms with Crippen LogP contribution in [0.4, 0.5) is 27.6 Å². The van der Waals surface area contributed by atoms with Crippen LogP contribution >= 0.6 is 0 Å². The third-order valence-corrected chi connectivity index (χ3v) is 2.43. The van der Waals surface area contributed by atoms with Gasteiger partial charge in [0, 0.05) is 29.9 Å². The molecular weight excluding hydrogens is 265 g/mol. The standard InChI is InChI=1S/C13H8F5N/c14-8-2-9(15)4-10(3-8)19-6-7-1-12(17)13(18)5-11(7)16/h1-5,19H,6H2. The van der Waals surface area contributed by atoms with Crippen molar-refractivity contribution < 1.29 is 22.0 Å². The quantitative estimate of drug-likeness (QED) is 0.658. The fraction of sp³-hybridized carbons (Fsp3) is 0.0769. The van der Waals surface area contributed by atoms with Gasteiger partial charge in [0.25, 0.3) is 0 Å². The Morgan fingerprint density at radius 1 is 0.684 bits per heavy atom. The van der Waals surface area contributed by atoms with Gasteiger partial charge < -0.3 is 5.32 Å². The molecule has 0 atom stereocenters. The Morgan fingerprint density at radius 2 is 1.26 bits per heavy atom. The average Bonchev–Trinajstić information content (AvgIpc) is 2.31. The van der Waals surface area contributed by atoms with Gasteiger partial charge in [0.15, 0.2) is 11.6 Å². The molecule has 6 heteroatoms. The van der Waals surface area contributed by atoms with Crippen molar-refractivity contribution in [2.45, 2.75) is 6.54 Å². The minimum Gasteiger partial charge on any atom is -0.381 e. The molecule has 100 valence electrons. The maximum absolute atomic E-state index is 13.3. The maximum Gasteiger partial charge on any atom is 0.161 e. The molecule has 0 radical (unpaired) electrons. The summed E-state index contributed by atoms with van der Waals surface area (Å²) in [7, 11) is 0. The van der Waals surface area contributed by atoms with Crippen molar-refractivity contribution in [3.05, 3.63) is 65.0 Å². The van der Waals surface area contributed by atoms with E-state index in [0.717, 1.165) is 12.1 Å². The van der Waals surface area contributed by atoms with Gasteiger partial charge in [0.1, 0.15) is 17.5 Å². The van der Waals surface area contributed by atoms with Crippen molar-refractivity contribution in [1.82, 2.24) is 0 Å². The number of hydrogen-bond donors (Lipinski definition) is 1. The molecule has 0 amide bonds. The molecule has 0 bridgehead atoms. The highest BCUT2D eigenvalue weighted by Crippen LogP contribution is 2.17. The molecule has 0 fully saturated rings. The molecule has 1 N–H and O–H groups in total. The second-order valence-electron chi connectivity index (χ2n) is 3.87. The van der Waals surface area contributed by atoms with Crippen LogP contribution < -0.4 is 5.32 Å². The molecule has 0 aliphatic rings. The van der Waals surface area contributed by atoms with Gasteiger partial charge in [-0.3, -0.25) is 0 Å². The number of halogens is 5. The molecule has 0 saturated carbocycles. The van der Waals surface area contributed by atoms with E-state index in [0.29, 0.717) is 18.2 Å². The zero-order chi connectivity index (χ0) is 14.0. The largest absolute Gasteiger partial charge is 0.381 e. The fourth-order valence-electron chi connectivity index (χ4n) is 1.55. The number of anilines is 1. The van der Waals surface area contributed by atoms with E-state index in [1.165, 1.54) is 0 Å². The van der Waals surface area contributed by atoms with Gasteiger partial charge in [-0.15, -0.1) is 0 Å². The molecule has 2 aromatic carbocycles. The van der Waals surface area contributed by atoms with Crippen molar-refractivity contribution >= 4 is 5.69 Å². The number of hydrogen-bond acceptors (Lipinski definition) is 1. The topological polar surface area (TPSA) is 12.0 Å². The number of rotatable bonds is 3. The maximum atomic E-state index is 13.3. The van der Waals surface area contributed by atoms with Gasteiger partial charge in [0.05, 0.1) is 0 Å². The Morgan fingerprint density at radius 3 is 1.89 bits per heavy atom. The van der Waals surface area contributed by atoms with Crippen LogP contribution in [-0.2, 0) is 6.54 Å². The van der Waals surface area contributed by atoms with Gasteiger partial charge in [-0.05, 0) is 18.2 Å². The molecule has 1 nitrogen and oxygen atoms in total. The van der Waals surface area contributed by atoms with Crippen LogP contribution in [0.1, 0.15) is 5.56 Å². The lowest BCUT2D eigenvalue weighted by Gasteiger charge is -2.08. The first-order chi connectivity index (χ1) is 8.95. The molecule has 0 spiro atoms. The molecule has 0 aliphatic carbocycles. The Balaban J connectivity index is 2.16. The predicted molar refractivity (Wildman–Crippen MR) is 60.0 cm³/mol. The summed E-state index contributed by atoms with van der Waals surface area (Å²) in [6.07, 6.45) is 0. The van der Waals surface area contributed by atoms with Crippen molar-refractivity contribution in [2.75, 3.05) is 5.32 Å². The first kappa shape index (κ1) is 13.3. The normalized spacial score (nSPS) is 10.6. The average molecular weight is 273 g/mol. The van der Waals surface area contributed by atoms with Gasteiger partial charge >= 0.3 is 0 Å². The first-order valence-corrected chi connectivity index (χ1v) is 5.29. The Hall–Kier alpha value is -2.11. The third-order valence-electron chi connectivity index (χ3n) is 2.43. The Labute approximate surface area is 105 Å². The summed E-state index contributed by atoms with van der Waals surface area (Å²) < 4.78 is 64.7. The summed E-state index contributed by atoms with van der Waals surface area (Å²) in [6, 6.07) is 3.79. The van der Waals surface area contributed by atoms with Gasteiger partial charge in [-0.2, -0.15) is 0 Å². The zero-order valence-electron chi connectivity index (χ0n) is 9.48. The SMILES string of the molecule is Fc1cc(F)cc(NCc2cc(F)c(F)cc2F)c1. The third kappa shape index (κ3) is 3.21. The lowest BCUT2D eigenvalue weighted by molar-refractivity contribution is 0.490. The molecule has 0 aliphatic heterocycles. The summed E-state index contributed by atoms with van der Waals surface area (Å²) in [5.41, 5.74) is -0.0785. The van der Waals surface area contributed by atoms with Crippen LogP contribution in [0.3, 0.4) is 0 Å². The van der Waals surface area contributed by atoms with Crippen LogP contribution in [0.5, 0.6) is 0 Å². The highest BCUT2D eigenvalue weighted by Gasteiger charge is 2.10. The summed E-state index contributed by atoms with van der Waals surface area (Å²) in [6.45, 7) is -0.230. The summed E-state index contributed by atoms with van der Waals surface area (Å²) in [5, 5.41) is 2.52. The van der Waals surface area contributed by atoms with E-state index >= 15 is 0 Å². The number of benzene rings is 2. The van der Waals surface area contributed by atoms with Crippen LogP contribution in [0.15, 0.2) is 30.3 Å². The minimum atomic E-state index is -1.29. The monoisotopic (exact) mass is 273 g/mol. The summed E-state index contributed by atoms with van der Waals surface area (Å²) >= 11 is 0. The van der Waals surface area contributed by atoms with Crippen molar-refractivity contribution in [3.63, 3.8) is 0 Å². The smallest absolute Gasteiger partial charge is 0.161 e. The van der Waals surface area contributed by atoms with E-state index < -0.39 is 29.1 Å². The molecule has 2 aromatic rings. The lowest BCUT2D eigenvalue weighted by atomic mass is 10.2. The van der Waals surface area contributed by atoms with Gasteiger partial charge in [0.2, 0.25) is 0 Å². The van der Waals surface area contributed by atoms with Crippen molar-refractivity contribution in [1.29, 1.82) is 0 Å². The van der Waals surface area contributed by atoms with Crippen LogP contribution in [0.25, 0.3) is 0 Å². The second-order valence-corrected chi connectivity index (χ2v) is 3.87. The molecule has 0 heterocycles. The molecule has 2 rings (SSSR count). The predicted octanol–water partition coefficient (Wildman–Crippen LogP) is 3.99. The molecule has 0 unspecified atom stereocenters. The van der Waals surface area contributed by atoms with E-state index in [9.17, 15) is 22.0 Å². The van der Waals surface area contributed by atoms with E-state index in [2.05, 4.69) is 5.32 Å². The molecule has 19 heavy (non-hydrogen) atoms. The fourth-order valence-corrected chi connectivity index (χ4v) is 1.55. The number of nitrogens with one attached hydrogen (secondary N) is 1. The van der Waals surface area contributed by atoms with Crippen molar-refractivity contribution in [2.24, 2.45) is 0 Å². The van der Waals surface area contributed by atoms with Crippen LogP contribution in [0, 0.1) is 29.1 Å². The first-order valence-electron chi connectivity index (χ1n) is 5.29. The molecule has 0 saturated heterocycles. The summed E-state index contributed by atoms with van der Waals surface area (Å²) in [5.74, 6) is -5.02. The van der Waals surface area contributed by atoms with E-state index in [4.69, 9.17) is 0 Å².